The zero-order chi connectivity index (χ0) is 12.1. The van der Waals surface area contributed by atoms with Crippen molar-refractivity contribution < 1.29 is 9.59 Å². The average molecular weight is 240 g/mol. The zero-order valence-electron chi connectivity index (χ0n) is 9.77. The van der Waals surface area contributed by atoms with Gasteiger partial charge in [0.2, 0.25) is 5.91 Å². The molecule has 1 heterocycles. The monoisotopic (exact) mass is 240 g/mol. The van der Waals surface area contributed by atoms with Crippen LogP contribution in [-0.2, 0) is 4.79 Å². The summed E-state index contributed by atoms with van der Waals surface area (Å²) in [5, 5.41) is 1.87. The second-order valence-electron chi connectivity index (χ2n) is 3.86. The Morgan fingerprint density at radius 2 is 1.94 bits per heavy atom. The summed E-state index contributed by atoms with van der Waals surface area (Å²) in [4.78, 5) is 27.1. The first kappa shape index (κ1) is 12.9. The van der Waals surface area contributed by atoms with Gasteiger partial charge in [-0.05, 0) is 18.5 Å². The van der Waals surface area contributed by atoms with Crippen molar-refractivity contribution in [2.45, 2.75) is 0 Å². The molecule has 0 saturated carbocycles. The molecule has 0 unspecified atom stereocenters. The van der Waals surface area contributed by atoms with Crippen LogP contribution in [0.3, 0.4) is 0 Å². The summed E-state index contributed by atoms with van der Waals surface area (Å²) < 4.78 is 0. The molecule has 0 spiro atoms. The van der Waals surface area contributed by atoms with Crippen molar-refractivity contribution >= 4 is 23.0 Å². The van der Waals surface area contributed by atoms with Gasteiger partial charge in [0.25, 0.3) is 0 Å². The molecule has 1 rings (SSSR count). The Balaban J connectivity index is 2.43. The molecule has 0 fully saturated rings. The molecule has 1 amide bonds. The van der Waals surface area contributed by atoms with Gasteiger partial charge in [-0.1, -0.05) is 6.07 Å². The molecule has 88 valence electrons. The van der Waals surface area contributed by atoms with Crippen LogP contribution in [0.2, 0.25) is 0 Å². The van der Waals surface area contributed by atoms with Gasteiger partial charge < -0.3 is 4.90 Å². The molecule has 0 radical (unpaired) electrons. The van der Waals surface area contributed by atoms with E-state index in [9.17, 15) is 9.59 Å². The molecule has 5 heteroatoms. The van der Waals surface area contributed by atoms with E-state index in [4.69, 9.17) is 0 Å². The number of thiophene rings is 1. The third kappa shape index (κ3) is 3.75. The normalized spacial score (nSPS) is 10.5. The Labute approximate surface area is 99.5 Å². The van der Waals surface area contributed by atoms with Gasteiger partial charge in [0.1, 0.15) is 0 Å². The summed E-state index contributed by atoms with van der Waals surface area (Å²) in [7, 11) is 5.18. The highest BCUT2D eigenvalue weighted by atomic mass is 32.1. The lowest BCUT2D eigenvalue weighted by molar-refractivity contribution is -0.129. The van der Waals surface area contributed by atoms with Crippen LogP contribution >= 0.6 is 11.3 Å². The zero-order valence-corrected chi connectivity index (χ0v) is 10.6. The topological polar surface area (TPSA) is 40.6 Å². The summed E-state index contributed by atoms with van der Waals surface area (Å²) in [6.07, 6.45) is 0. The van der Waals surface area contributed by atoms with Gasteiger partial charge in [0.05, 0.1) is 18.0 Å². The molecular formula is C11H16N2O2S. The van der Waals surface area contributed by atoms with Crippen LogP contribution in [0.4, 0.5) is 0 Å². The van der Waals surface area contributed by atoms with E-state index < -0.39 is 0 Å². The first-order valence-electron chi connectivity index (χ1n) is 4.96. The molecule has 0 N–H and O–H groups in total. The molecule has 0 atom stereocenters. The molecule has 0 saturated heterocycles. The van der Waals surface area contributed by atoms with Crippen LogP contribution in [-0.4, -0.2) is 55.7 Å². The Kier molecular flexibility index (Phi) is 4.64. The first-order valence-corrected chi connectivity index (χ1v) is 5.84. The maximum absolute atomic E-state index is 11.7. The maximum Gasteiger partial charge on any atom is 0.236 e. The Morgan fingerprint density at radius 1 is 1.25 bits per heavy atom. The van der Waals surface area contributed by atoms with Crippen molar-refractivity contribution in [3.05, 3.63) is 22.4 Å². The van der Waals surface area contributed by atoms with Crippen LogP contribution in [0.1, 0.15) is 9.67 Å². The summed E-state index contributed by atoms with van der Waals surface area (Å²) in [5.41, 5.74) is 0. The molecular weight excluding hydrogens is 224 g/mol. The lowest BCUT2D eigenvalue weighted by atomic mass is 10.3. The molecule has 0 aliphatic rings. The van der Waals surface area contributed by atoms with Gasteiger partial charge in [-0.15, -0.1) is 11.3 Å². The summed E-state index contributed by atoms with van der Waals surface area (Å²) in [5.74, 6) is 0.0607. The highest BCUT2D eigenvalue weighted by Gasteiger charge is 2.13. The van der Waals surface area contributed by atoms with Gasteiger partial charge in [-0.2, -0.15) is 0 Å². The van der Waals surface area contributed by atoms with E-state index >= 15 is 0 Å². The van der Waals surface area contributed by atoms with Crippen LogP contribution in [0, 0.1) is 0 Å². The molecule has 0 aliphatic carbocycles. The summed E-state index contributed by atoms with van der Waals surface area (Å²) in [6.45, 7) is 0.546. The van der Waals surface area contributed by atoms with Crippen LogP contribution in [0.25, 0.3) is 0 Å². The van der Waals surface area contributed by atoms with Crippen LogP contribution in [0.15, 0.2) is 17.5 Å². The number of ketones is 1. The Hall–Kier alpha value is -1.20. The second-order valence-corrected chi connectivity index (χ2v) is 4.81. The highest BCUT2D eigenvalue weighted by molar-refractivity contribution is 7.12. The van der Waals surface area contributed by atoms with E-state index in [2.05, 4.69) is 0 Å². The van der Waals surface area contributed by atoms with Crippen LogP contribution in [0.5, 0.6) is 0 Å². The van der Waals surface area contributed by atoms with Crippen molar-refractivity contribution in [2.75, 3.05) is 34.2 Å². The molecule has 0 aromatic carbocycles. The fourth-order valence-electron chi connectivity index (χ4n) is 1.19. The highest BCUT2D eigenvalue weighted by Crippen LogP contribution is 2.09. The van der Waals surface area contributed by atoms with Gasteiger partial charge in [0, 0.05) is 14.1 Å². The van der Waals surface area contributed by atoms with Crippen molar-refractivity contribution in [1.82, 2.24) is 9.80 Å². The minimum absolute atomic E-state index is 0.00137. The predicted molar refractivity (Wildman–Crippen MR) is 64.8 cm³/mol. The molecule has 0 aliphatic heterocycles. The fraction of sp³-hybridized carbons (Fsp3) is 0.455. The van der Waals surface area contributed by atoms with Gasteiger partial charge >= 0.3 is 0 Å². The minimum atomic E-state index is 0.00137. The molecule has 1 aromatic rings. The number of rotatable bonds is 5. The van der Waals surface area contributed by atoms with E-state index in [-0.39, 0.29) is 24.8 Å². The van der Waals surface area contributed by atoms with Crippen molar-refractivity contribution in [3.63, 3.8) is 0 Å². The van der Waals surface area contributed by atoms with E-state index in [1.54, 1.807) is 32.1 Å². The van der Waals surface area contributed by atoms with E-state index in [1.807, 2.05) is 11.4 Å². The molecule has 0 bridgehead atoms. The third-order valence-corrected chi connectivity index (χ3v) is 3.02. The predicted octanol–water partition coefficient (Wildman–Crippen LogP) is 0.951. The van der Waals surface area contributed by atoms with E-state index in [0.717, 1.165) is 4.88 Å². The maximum atomic E-state index is 11.7. The Bertz CT molecular complexity index is 360. The fourth-order valence-corrected chi connectivity index (χ4v) is 1.85. The summed E-state index contributed by atoms with van der Waals surface area (Å²) >= 11 is 1.43. The molecule has 4 nitrogen and oxygen atoms in total. The third-order valence-electron chi connectivity index (χ3n) is 2.11. The second kappa shape index (κ2) is 5.77. The SMILES string of the molecule is CN(CC(=O)c1cccs1)CC(=O)N(C)C. The number of carbonyl (C=O) groups excluding carboxylic acids is 2. The number of Topliss-reactive ketones (excluding diaryl/α,β-unsaturated/α-hetero) is 1. The molecule has 16 heavy (non-hydrogen) atoms. The quantitative estimate of drug-likeness (QED) is 0.720. The molecule has 1 aromatic heterocycles. The number of likely N-dealkylation sites (N-methyl/N-ethyl adjacent to an activating group) is 2. The largest absolute Gasteiger partial charge is 0.348 e. The number of carbonyl (C=O) groups is 2. The number of nitrogens with zero attached hydrogens (tertiary/aromatic N) is 2. The average Bonchev–Trinajstić information content (AvgIpc) is 2.69. The van der Waals surface area contributed by atoms with E-state index in [1.165, 1.54) is 16.2 Å². The van der Waals surface area contributed by atoms with Gasteiger partial charge in [-0.3, -0.25) is 14.5 Å². The standard InChI is InChI=1S/C11H16N2O2S/c1-12(2)11(15)8-13(3)7-9(14)10-5-4-6-16-10/h4-6H,7-8H2,1-3H3. The summed E-state index contributed by atoms with van der Waals surface area (Å²) in [6, 6.07) is 3.65. The number of amides is 1. The van der Waals surface area contributed by atoms with E-state index in [0.29, 0.717) is 0 Å². The lowest BCUT2D eigenvalue weighted by Gasteiger charge is -2.17. The number of hydrogen-bond acceptors (Lipinski definition) is 4. The van der Waals surface area contributed by atoms with Gasteiger partial charge in [0.15, 0.2) is 5.78 Å². The lowest BCUT2D eigenvalue weighted by Crippen LogP contribution is -2.36. The number of hydrogen-bond donors (Lipinski definition) is 0. The van der Waals surface area contributed by atoms with Gasteiger partial charge in [-0.25, -0.2) is 0 Å². The smallest absolute Gasteiger partial charge is 0.236 e. The van der Waals surface area contributed by atoms with Crippen LogP contribution < -0.4 is 0 Å². The van der Waals surface area contributed by atoms with Crippen molar-refractivity contribution in [2.24, 2.45) is 0 Å². The first-order chi connectivity index (χ1) is 7.50. The minimum Gasteiger partial charge on any atom is -0.348 e. The Morgan fingerprint density at radius 3 is 2.44 bits per heavy atom. The van der Waals surface area contributed by atoms with Crippen molar-refractivity contribution in [3.8, 4) is 0 Å². The van der Waals surface area contributed by atoms with Crippen molar-refractivity contribution in [1.29, 1.82) is 0 Å².